The minimum atomic E-state index is -1.06. The molecule has 0 N–H and O–H groups in total. The molecule has 0 aliphatic rings. The highest BCUT2D eigenvalue weighted by molar-refractivity contribution is 5.21. The van der Waals surface area contributed by atoms with Crippen molar-refractivity contribution in [3.63, 3.8) is 0 Å². The Balaban J connectivity index is 3.27. The fraction of sp³-hybridized carbons (Fsp3) is 0.786. The largest absolute Gasteiger partial charge is 0.324 e. The van der Waals surface area contributed by atoms with Gasteiger partial charge in [0, 0.05) is 0 Å². The van der Waals surface area contributed by atoms with Gasteiger partial charge >= 0.3 is 0 Å². The van der Waals surface area contributed by atoms with Crippen LogP contribution in [0.1, 0.15) is 124 Å². The molecule has 3 nitrogen and oxygen atoms in total. The van der Waals surface area contributed by atoms with Gasteiger partial charge in [0.1, 0.15) is 0 Å². The first-order valence-electron chi connectivity index (χ1n) is 13.0. The Kier molecular flexibility index (Phi) is 14.4. The lowest BCUT2D eigenvalue weighted by atomic mass is 9.89. The fourth-order valence-electron chi connectivity index (χ4n) is 3.78. The average Bonchev–Trinajstić information content (AvgIpc) is 2.78. The summed E-state index contributed by atoms with van der Waals surface area (Å²) in [5.74, 6) is -1.03. The molecule has 0 aliphatic carbocycles. The van der Waals surface area contributed by atoms with Gasteiger partial charge in [-0.15, -0.1) is 0 Å². The van der Waals surface area contributed by atoms with Crippen LogP contribution in [0.5, 0.6) is 0 Å². The molecule has 0 saturated heterocycles. The van der Waals surface area contributed by atoms with Gasteiger partial charge in [0.05, 0.1) is 24.2 Å². The summed E-state index contributed by atoms with van der Waals surface area (Å²) in [6.07, 6.45) is 11.6. The smallest absolute Gasteiger partial charge is 0.290 e. The number of benzene rings is 1. The van der Waals surface area contributed by atoms with Gasteiger partial charge in [-0.1, -0.05) is 96.6 Å². The second-order valence-electron chi connectivity index (χ2n) is 9.13. The normalized spacial score (nSPS) is 17.6. The second kappa shape index (κ2) is 15.8. The molecule has 0 radical (unpaired) electrons. The van der Waals surface area contributed by atoms with E-state index in [-0.39, 0.29) is 24.2 Å². The number of unbranched alkanes of at least 4 members (excludes halogenated alkanes) is 5. The molecule has 0 aromatic heterocycles. The maximum Gasteiger partial charge on any atom is 0.290 e. The summed E-state index contributed by atoms with van der Waals surface area (Å²) < 4.78 is 20.1. The Bertz CT molecular complexity index is 513. The van der Waals surface area contributed by atoms with Gasteiger partial charge in [0.25, 0.3) is 5.97 Å². The van der Waals surface area contributed by atoms with Gasteiger partial charge < -0.3 is 14.2 Å². The van der Waals surface area contributed by atoms with Crippen LogP contribution in [0.2, 0.25) is 0 Å². The van der Waals surface area contributed by atoms with Gasteiger partial charge in [0.15, 0.2) is 0 Å². The van der Waals surface area contributed by atoms with E-state index in [9.17, 15) is 0 Å². The molecule has 3 heteroatoms. The number of hydrogen-bond acceptors (Lipinski definition) is 3. The lowest BCUT2D eigenvalue weighted by molar-refractivity contribution is -0.424. The monoisotopic (exact) mass is 434 g/mol. The van der Waals surface area contributed by atoms with E-state index in [4.69, 9.17) is 14.2 Å². The maximum absolute atomic E-state index is 6.70. The molecule has 0 saturated carbocycles. The molecule has 0 bridgehead atoms. The van der Waals surface area contributed by atoms with Crippen molar-refractivity contribution < 1.29 is 14.2 Å². The molecule has 0 spiro atoms. The molecule has 1 aromatic carbocycles. The Morgan fingerprint density at radius 2 is 1.10 bits per heavy atom. The highest BCUT2D eigenvalue weighted by Gasteiger charge is 2.46. The predicted octanol–water partition coefficient (Wildman–Crippen LogP) is 8.62. The maximum atomic E-state index is 6.70. The highest BCUT2D eigenvalue weighted by Crippen LogP contribution is 2.41. The Labute approximate surface area is 193 Å². The lowest BCUT2D eigenvalue weighted by Crippen LogP contribution is -2.50. The third kappa shape index (κ3) is 10.1. The van der Waals surface area contributed by atoms with E-state index in [1.54, 1.807) is 0 Å². The van der Waals surface area contributed by atoms with E-state index in [2.05, 4.69) is 78.8 Å². The SMILES string of the molecule is CCCCCCCCC(c1ccccc1)C(OC(C)CC)(OC(C)CC)OC(C)CC. The first-order valence-corrected chi connectivity index (χ1v) is 13.0. The van der Waals surface area contributed by atoms with Crippen molar-refractivity contribution in [2.24, 2.45) is 0 Å². The van der Waals surface area contributed by atoms with Crippen LogP contribution >= 0.6 is 0 Å². The van der Waals surface area contributed by atoms with Crippen LogP contribution in [0.3, 0.4) is 0 Å². The van der Waals surface area contributed by atoms with Crippen molar-refractivity contribution in [1.82, 2.24) is 0 Å². The quantitative estimate of drug-likeness (QED) is 0.171. The molecule has 31 heavy (non-hydrogen) atoms. The summed E-state index contributed by atoms with van der Waals surface area (Å²) >= 11 is 0. The molecule has 1 rings (SSSR count). The Hall–Kier alpha value is -0.900. The standard InChI is InChI=1S/C28H50O3/c1-8-12-13-14-15-19-22-27(26-20-17-16-18-21-26)28(29-23(5)9-2,30-24(6)10-3)31-25(7)11-4/h16-18,20-21,23-25,27H,8-15,19,22H2,1-7H3. The van der Waals surface area contributed by atoms with E-state index >= 15 is 0 Å². The zero-order valence-corrected chi connectivity index (χ0v) is 21.5. The predicted molar refractivity (Wildman–Crippen MR) is 132 cm³/mol. The van der Waals surface area contributed by atoms with Crippen LogP contribution in [0.15, 0.2) is 30.3 Å². The molecule has 180 valence electrons. The van der Waals surface area contributed by atoms with Gasteiger partial charge in [-0.25, -0.2) is 0 Å². The van der Waals surface area contributed by atoms with Crippen molar-refractivity contribution in [3.05, 3.63) is 35.9 Å². The van der Waals surface area contributed by atoms with E-state index in [1.807, 2.05) is 0 Å². The van der Waals surface area contributed by atoms with Crippen LogP contribution in [0, 0.1) is 0 Å². The van der Waals surface area contributed by atoms with Crippen molar-refractivity contribution in [2.45, 2.75) is 143 Å². The molecular formula is C28H50O3. The minimum absolute atomic E-state index is 0.0388. The van der Waals surface area contributed by atoms with Crippen LogP contribution in [0.25, 0.3) is 0 Å². The first-order chi connectivity index (χ1) is 14.9. The number of ether oxygens (including phenoxy) is 3. The van der Waals surface area contributed by atoms with Crippen molar-refractivity contribution in [3.8, 4) is 0 Å². The zero-order valence-electron chi connectivity index (χ0n) is 21.5. The molecular weight excluding hydrogens is 384 g/mol. The summed E-state index contributed by atoms with van der Waals surface area (Å²) in [4.78, 5) is 0. The lowest BCUT2D eigenvalue weighted by Gasteiger charge is -2.44. The van der Waals surface area contributed by atoms with Crippen LogP contribution < -0.4 is 0 Å². The second-order valence-corrected chi connectivity index (χ2v) is 9.13. The third-order valence-electron chi connectivity index (χ3n) is 6.30. The molecule has 4 unspecified atom stereocenters. The van der Waals surface area contributed by atoms with Crippen molar-refractivity contribution in [2.75, 3.05) is 0 Å². The molecule has 0 amide bonds. The van der Waals surface area contributed by atoms with E-state index in [0.29, 0.717) is 0 Å². The fourth-order valence-corrected chi connectivity index (χ4v) is 3.78. The van der Waals surface area contributed by atoms with Gasteiger partial charge in [-0.2, -0.15) is 0 Å². The summed E-state index contributed by atoms with van der Waals surface area (Å²) in [6.45, 7) is 15.1. The summed E-state index contributed by atoms with van der Waals surface area (Å²) in [5, 5.41) is 0. The highest BCUT2D eigenvalue weighted by atomic mass is 16.9. The number of hydrogen-bond donors (Lipinski definition) is 0. The van der Waals surface area contributed by atoms with E-state index in [0.717, 1.165) is 32.1 Å². The minimum Gasteiger partial charge on any atom is -0.324 e. The average molecular weight is 435 g/mol. The summed E-state index contributed by atoms with van der Waals surface area (Å²) in [7, 11) is 0. The first kappa shape index (κ1) is 28.1. The Morgan fingerprint density at radius 3 is 1.55 bits per heavy atom. The molecule has 4 atom stereocenters. The third-order valence-corrected chi connectivity index (χ3v) is 6.30. The molecule has 1 aromatic rings. The van der Waals surface area contributed by atoms with Crippen LogP contribution in [0.4, 0.5) is 0 Å². The zero-order chi connectivity index (χ0) is 23.1. The van der Waals surface area contributed by atoms with Crippen molar-refractivity contribution >= 4 is 0 Å². The van der Waals surface area contributed by atoms with Gasteiger partial charge in [-0.05, 0) is 52.0 Å². The summed E-state index contributed by atoms with van der Waals surface area (Å²) in [6, 6.07) is 10.7. The molecule has 0 heterocycles. The number of rotatable bonds is 18. The van der Waals surface area contributed by atoms with E-state index < -0.39 is 5.97 Å². The Morgan fingerprint density at radius 1 is 0.645 bits per heavy atom. The van der Waals surface area contributed by atoms with Crippen LogP contribution in [-0.4, -0.2) is 24.3 Å². The topological polar surface area (TPSA) is 27.7 Å². The molecule has 0 aliphatic heterocycles. The van der Waals surface area contributed by atoms with E-state index in [1.165, 1.54) is 37.7 Å². The van der Waals surface area contributed by atoms with Gasteiger partial charge in [-0.3, -0.25) is 0 Å². The summed E-state index contributed by atoms with van der Waals surface area (Å²) in [5.41, 5.74) is 1.24. The van der Waals surface area contributed by atoms with Crippen molar-refractivity contribution in [1.29, 1.82) is 0 Å². The van der Waals surface area contributed by atoms with Gasteiger partial charge in [0.2, 0.25) is 0 Å². The van der Waals surface area contributed by atoms with Crippen LogP contribution in [-0.2, 0) is 14.2 Å². The molecule has 0 fully saturated rings.